The number of hydrogen-bond acceptors (Lipinski definition) is 6. The Bertz CT molecular complexity index is 836. The zero-order valence-corrected chi connectivity index (χ0v) is 18.8. The van der Waals surface area contributed by atoms with Crippen LogP contribution in [0.1, 0.15) is 19.4 Å². The van der Waals surface area contributed by atoms with E-state index in [1.54, 1.807) is 19.9 Å². The minimum Gasteiger partial charge on any atom is -0.472 e. The Morgan fingerprint density at radius 2 is 1.71 bits per heavy atom. The van der Waals surface area contributed by atoms with Crippen molar-refractivity contribution in [2.24, 2.45) is 0 Å². The van der Waals surface area contributed by atoms with Gasteiger partial charge >= 0.3 is 5.97 Å². The van der Waals surface area contributed by atoms with Crippen LogP contribution in [0, 0.1) is 0 Å². The number of carbonyl (C=O) groups is 1. The van der Waals surface area contributed by atoms with Gasteiger partial charge in [0.1, 0.15) is 11.9 Å². The summed E-state index contributed by atoms with van der Waals surface area (Å²) in [6.45, 7) is 7.14. The van der Waals surface area contributed by atoms with Gasteiger partial charge in [-0.25, -0.2) is 4.79 Å². The minimum absolute atomic E-state index is 0. The minimum atomic E-state index is -0.671. The van der Waals surface area contributed by atoms with Crippen LogP contribution in [0.25, 0.3) is 6.08 Å². The molecule has 0 aromatic heterocycles. The summed E-state index contributed by atoms with van der Waals surface area (Å²) in [5.74, 6) is 0.228. The molecule has 0 saturated carbocycles. The first-order valence-electron chi connectivity index (χ1n) is 10.4. The van der Waals surface area contributed by atoms with Crippen molar-refractivity contribution in [3.63, 3.8) is 0 Å². The van der Waals surface area contributed by atoms with Gasteiger partial charge in [-0.1, -0.05) is 36.4 Å². The zero-order chi connectivity index (χ0) is 21.3. The van der Waals surface area contributed by atoms with Gasteiger partial charge in [0, 0.05) is 43.5 Å². The van der Waals surface area contributed by atoms with E-state index >= 15 is 0 Å². The second kappa shape index (κ2) is 12.3. The van der Waals surface area contributed by atoms with E-state index in [0.29, 0.717) is 12.4 Å². The summed E-state index contributed by atoms with van der Waals surface area (Å²) < 4.78 is 11.2. The zero-order valence-electron chi connectivity index (χ0n) is 18.0. The lowest BCUT2D eigenvalue weighted by molar-refractivity contribution is -0.137. The Labute approximate surface area is 190 Å². The first kappa shape index (κ1) is 24.7. The Balaban J connectivity index is 0.00000341. The molecule has 31 heavy (non-hydrogen) atoms. The number of benzene rings is 2. The van der Waals surface area contributed by atoms with Crippen LogP contribution in [0.4, 0.5) is 5.69 Å². The third-order valence-corrected chi connectivity index (χ3v) is 5.06. The maximum absolute atomic E-state index is 11.7. The maximum atomic E-state index is 11.7. The van der Waals surface area contributed by atoms with E-state index in [0.717, 1.165) is 31.7 Å². The molecule has 1 heterocycles. The molecule has 7 heteroatoms. The number of anilines is 1. The summed E-state index contributed by atoms with van der Waals surface area (Å²) in [7, 11) is 0. The van der Waals surface area contributed by atoms with E-state index in [2.05, 4.69) is 21.9 Å². The Hall–Kier alpha value is -2.54. The van der Waals surface area contributed by atoms with Gasteiger partial charge in [-0.3, -0.25) is 4.90 Å². The summed E-state index contributed by atoms with van der Waals surface area (Å²) in [4.78, 5) is 16.2. The SMILES string of the molecule is CCOC(=O)C=Cc1ccccc1OC(C(C)O)N1CCN(c2ccccc2)CC1.Cl. The average molecular weight is 447 g/mol. The largest absolute Gasteiger partial charge is 0.472 e. The summed E-state index contributed by atoms with van der Waals surface area (Å²) in [5.41, 5.74) is 1.97. The van der Waals surface area contributed by atoms with Gasteiger partial charge in [0.15, 0.2) is 6.23 Å². The number of rotatable bonds is 8. The highest BCUT2D eigenvalue weighted by atomic mass is 35.5. The Morgan fingerprint density at radius 3 is 2.35 bits per heavy atom. The van der Waals surface area contributed by atoms with Crippen LogP contribution in [-0.2, 0) is 9.53 Å². The quantitative estimate of drug-likeness (QED) is 0.494. The van der Waals surface area contributed by atoms with E-state index in [9.17, 15) is 9.90 Å². The van der Waals surface area contributed by atoms with Crippen LogP contribution in [0.15, 0.2) is 60.7 Å². The van der Waals surface area contributed by atoms with Crippen LogP contribution < -0.4 is 9.64 Å². The first-order chi connectivity index (χ1) is 14.6. The molecule has 6 nitrogen and oxygen atoms in total. The van der Waals surface area contributed by atoms with Crippen LogP contribution in [-0.4, -0.2) is 61.1 Å². The van der Waals surface area contributed by atoms with E-state index in [1.165, 1.54) is 11.8 Å². The molecule has 1 N–H and O–H groups in total. The summed E-state index contributed by atoms with van der Waals surface area (Å²) in [5, 5.41) is 10.4. The lowest BCUT2D eigenvalue weighted by Gasteiger charge is -2.41. The fourth-order valence-corrected chi connectivity index (χ4v) is 3.56. The first-order valence-corrected chi connectivity index (χ1v) is 10.4. The number of nitrogens with zero attached hydrogens (tertiary/aromatic N) is 2. The van der Waals surface area contributed by atoms with E-state index < -0.39 is 18.3 Å². The van der Waals surface area contributed by atoms with Crippen LogP contribution >= 0.6 is 12.4 Å². The smallest absolute Gasteiger partial charge is 0.330 e. The Kier molecular flexibility index (Phi) is 9.85. The average Bonchev–Trinajstić information content (AvgIpc) is 2.77. The van der Waals surface area contributed by atoms with Crippen molar-refractivity contribution < 1.29 is 19.4 Å². The van der Waals surface area contributed by atoms with Crippen molar-refractivity contribution in [3.05, 3.63) is 66.2 Å². The molecule has 3 rings (SSSR count). The van der Waals surface area contributed by atoms with Crippen molar-refractivity contribution in [3.8, 4) is 5.75 Å². The number of hydrogen-bond donors (Lipinski definition) is 1. The number of esters is 1. The molecule has 1 aliphatic rings. The van der Waals surface area contributed by atoms with Crippen molar-refractivity contribution in [1.29, 1.82) is 0 Å². The predicted molar refractivity (Wildman–Crippen MR) is 126 cm³/mol. The van der Waals surface area contributed by atoms with Crippen molar-refractivity contribution in [2.45, 2.75) is 26.2 Å². The van der Waals surface area contributed by atoms with Gasteiger partial charge < -0.3 is 19.5 Å². The molecule has 0 amide bonds. The number of ether oxygens (including phenoxy) is 2. The number of halogens is 1. The van der Waals surface area contributed by atoms with Crippen molar-refractivity contribution >= 4 is 30.1 Å². The molecule has 0 spiro atoms. The van der Waals surface area contributed by atoms with Gasteiger partial charge in [0.25, 0.3) is 0 Å². The highest BCUT2D eigenvalue weighted by Gasteiger charge is 2.29. The monoisotopic (exact) mass is 446 g/mol. The van der Waals surface area contributed by atoms with E-state index in [1.807, 2.05) is 42.5 Å². The van der Waals surface area contributed by atoms with Gasteiger partial charge in [-0.15, -0.1) is 12.4 Å². The molecule has 0 aliphatic carbocycles. The second-order valence-electron chi connectivity index (χ2n) is 7.23. The number of piperazine rings is 1. The topological polar surface area (TPSA) is 62.2 Å². The van der Waals surface area contributed by atoms with Gasteiger partial charge in [0.2, 0.25) is 0 Å². The molecule has 2 unspecified atom stereocenters. The highest BCUT2D eigenvalue weighted by molar-refractivity contribution is 5.87. The summed E-state index contributed by atoms with van der Waals surface area (Å²) >= 11 is 0. The number of aliphatic hydroxyl groups is 1. The molecule has 2 aromatic carbocycles. The van der Waals surface area contributed by atoms with Crippen LogP contribution in [0.3, 0.4) is 0 Å². The third kappa shape index (κ3) is 6.99. The molecule has 1 fully saturated rings. The number of para-hydroxylation sites is 2. The predicted octanol–water partition coefficient (Wildman–Crippen LogP) is 3.59. The molecule has 1 saturated heterocycles. The standard InChI is InChI=1S/C24H30N2O4.ClH/c1-3-29-23(28)14-13-20-9-7-8-12-22(20)30-24(19(2)27)26-17-15-25(16-18-26)21-10-5-4-6-11-21;/h4-14,19,24,27H,3,15-18H2,1-2H3;1H. The molecular formula is C24H31ClN2O4. The molecule has 2 atom stereocenters. The lowest BCUT2D eigenvalue weighted by Crippen LogP contribution is -2.55. The summed E-state index contributed by atoms with van der Waals surface area (Å²) in [6, 6.07) is 17.8. The molecule has 168 valence electrons. The molecule has 1 aliphatic heterocycles. The molecule has 0 radical (unpaired) electrons. The van der Waals surface area contributed by atoms with Crippen molar-refractivity contribution in [1.82, 2.24) is 4.90 Å². The molecular weight excluding hydrogens is 416 g/mol. The fraction of sp³-hybridized carbons (Fsp3) is 0.375. The maximum Gasteiger partial charge on any atom is 0.330 e. The number of carbonyl (C=O) groups excluding carboxylic acids is 1. The Morgan fingerprint density at radius 1 is 1.06 bits per heavy atom. The van der Waals surface area contributed by atoms with Gasteiger partial charge in [0.05, 0.1) is 6.61 Å². The summed E-state index contributed by atoms with van der Waals surface area (Å²) in [6.07, 6.45) is 1.93. The van der Waals surface area contributed by atoms with E-state index in [-0.39, 0.29) is 12.4 Å². The highest BCUT2D eigenvalue weighted by Crippen LogP contribution is 2.24. The lowest BCUT2D eigenvalue weighted by atomic mass is 10.1. The second-order valence-corrected chi connectivity index (χ2v) is 7.23. The fourth-order valence-electron chi connectivity index (χ4n) is 3.56. The van der Waals surface area contributed by atoms with Gasteiger partial charge in [-0.05, 0) is 38.1 Å². The third-order valence-electron chi connectivity index (χ3n) is 5.06. The number of aliphatic hydroxyl groups excluding tert-OH is 1. The normalized spacial score (nSPS) is 16.4. The van der Waals surface area contributed by atoms with Crippen LogP contribution in [0.2, 0.25) is 0 Å². The van der Waals surface area contributed by atoms with Crippen LogP contribution in [0.5, 0.6) is 5.75 Å². The van der Waals surface area contributed by atoms with Crippen molar-refractivity contribution in [2.75, 3.05) is 37.7 Å². The molecule has 0 bridgehead atoms. The van der Waals surface area contributed by atoms with Gasteiger partial charge in [-0.2, -0.15) is 0 Å². The van der Waals surface area contributed by atoms with E-state index in [4.69, 9.17) is 9.47 Å². The molecule has 2 aromatic rings.